The Labute approximate surface area is 160 Å². The van der Waals surface area contributed by atoms with Gasteiger partial charge in [0, 0.05) is 5.69 Å². The molecule has 0 aliphatic rings. The van der Waals surface area contributed by atoms with Crippen molar-refractivity contribution >= 4 is 45.7 Å². The van der Waals surface area contributed by atoms with Crippen LogP contribution < -0.4 is 20.5 Å². The highest BCUT2D eigenvalue weighted by Gasteiger charge is 2.15. The normalized spacial score (nSPS) is 10.3. The zero-order valence-electron chi connectivity index (χ0n) is 14.3. The molecule has 0 aromatic heterocycles. The van der Waals surface area contributed by atoms with Gasteiger partial charge in [-0.1, -0.05) is 36.4 Å². The van der Waals surface area contributed by atoms with Gasteiger partial charge in [0.1, 0.15) is 5.75 Å². The van der Waals surface area contributed by atoms with Crippen LogP contribution in [0.5, 0.6) is 5.75 Å². The number of carbonyl (C=O) groups excluding carboxylic acids is 2. The Morgan fingerprint density at radius 1 is 1.00 bits per heavy atom. The lowest BCUT2D eigenvalue weighted by atomic mass is 10.1. The number of hydrogen-bond acceptors (Lipinski definition) is 5. The lowest BCUT2D eigenvalue weighted by molar-refractivity contribution is -0.255. The van der Waals surface area contributed by atoms with Crippen molar-refractivity contribution in [3.63, 3.8) is 0 Å². The van der Waals surface area contributed by atoms with E-state index in [1.165, 1.54) is 19.2 Å². The fourth-order valence-electron chi connectivity index (χ4n) is 2.62. The minimum atomic E-state index is -1.30. The van der Waals surface area contributed by atoms with E-state index in [4.69, 9.17) is 17.0 Å². The minimum Gasteiger partial charge on any atom is -0.545 e. The molecule has 0 atom stereocenters. The first-order valence-electron chi connectivity index (χ1n) is 7.98. The van der Waals surface area contributed by atoms with E-state index in [0.717, 1.165) is 10.8 Å². The first-order valence-corrected chi connectivity index (χ1v) is 8.39. The van der Waals surface area contributed by atoms with Crippen LogP contribution in [-0.2, 0) is 0 Å². The van der Waals surface area contributed by atoms with Crippen molar-refractivity contribution in [1.82, 2.24) is 5.32 Å². The third kappa shape index (κ3) is 4.21. The molecule has 7 heteroatoms. The minimum absolute atomic E-state index is 0.00493. The number of carbonyl (C=O) groups is 2. The van der Waals surface area contributed by atoms with Gasteiger partial charge in [-0.2, -0.15) is 0 Å². The molecule has 0 radical (unpaired) electrons. The number of amides is 1. The number of aromatic carboxylic acids is 1. The predicted octanol–water partition coefficient (Wildman–Crippen LogP) is 2.34. The Bertz CT molecular complexity index is 1050. The van der Waals surface area contributed by atoms with Gasteiger partial charge in [0.15, 0.2) is 5.11 Å². The van der Waals surface area contributed by atoms with E-state index in [1.807, 2.05) is 24.3 Å². The molecule has 0 aliphatic carbocycles. The standard InChI is InChI=1S/C20H16N2O4S/c1-26-17-11-13-6-3-2-5-12(13)10-16(17)18(23)22-20(27)21-15-8-4-7-14(9-15)19(24)25/h2-11H,1H3,(H,24,25)(H2,21,22,23,27)/p-1. The van der Waals surface area contributed by atoms with Crippen molar-refractivity contribution in [3.8, 4) is 5.75 Å². The van der Waals surface area contributed by atoms with Crippen molar-refractivity contribution in [2.75, 3.05) is 12.4 Å². The molecule has 0 heterocycles. The van der Waals surface area contributed by atoms with Crippen LogP contribution in [0.3, 0.4) is 0 Å². The molecule has 0 bridgehead atoms. The number of carboxylic acids is 1. The Hall–Kier alpha value is -3.45. The molecule has 2 N–H and O–H groups in total. The first kappa shape index (κ1) is 18.3. The largest absolute Gasteiger partial charge is 0.545 e. The molecule has 0 saturated carbocycles. The van der Waals surface area contributed by atoms with Crippen LogP contribution in [-0.4, -0.2) is 24.1 Å². The molecular weight excluding hydrogens is 364 g/mol. The average molecular weight is 379 g/mol. The second kappa shape index (κ2) is 7.84. The van der Waals surface area contributed by atoms with E-state index < -0.39 is 11.9 Å². The summed E-state index contributed by atoms with van der Waals surface area (Å²) < 4.78 is 5.32. The highest BCUT2D eigenvalue weighted by atomic mass is 32.1. The quantitative estimate of drug-likeness (QED) is 0.676. The second-order valence-electron chi connectivity index (χ2n) is 5.68. The third-order valence-electron chi connectivity index (χ3n) is 3.90. The van der Waals surface area contributed by atoms with Gasteiger partial charge in [-0.3, -0.25) is 10.1 Å². The summed E-state index contributed by atoms with van der Waals surface area (Å²) in [7, 11) is 1.49. The summed E-state index contributed by atoms with van der Waals surface area (Å²) in [6, 6.07) is 17.1. The van der Waals surface area contributed by atoms with Gasteiger partial charge >= 0.3 is 0 Å². The summed E-state index contributed by atoms with van der Waals surface area (Å²) in [6.07, 6.45) is 0. The zero-order valence-corrected chi connectivity index (χ0v) is 15.1. The van der Waals surface area contributed by atoms with E-state index in [9.17, 15) is 14.7 Å². The number of thiocarbonyl (C=S) groups is 1. The fraction of sp³-hybridized carbons (Fsp3) is 0.0500. The molecule has 6 nitrogen and oxygen atoms in total. The Morgan fingerprint density at radius 3 is 2.37 bits per heavy atom. The maximum absolute atomic E-state index is 12.6. The number of methoxy groups -OCH3 is 1. The molecule has 0 aliphatic heterocycles. The molecule has 3 aromatic rings. The van der Waals surface area contributed by atoms with Crippen molar-refractivity contribution in [2.24, 2.45) is 0 Å². The highest BCUT2D eigenvalue weighted by molar-refractivity contribution is 7.80. The molecule has 0 saturated heterocycles. The van der Waals surface area contributed by atoms with Crippen LogP contribution in [0.2, 0.25) is 0 Å². The van der Waals surface area contributed by atoms with Crippen molar-refractivity contribution in [3.05, 3.63) is 71.8 Å². The predicted molar refractivity (Wildman–Crippen MR) is 105 cm³/mol. The highest BCUT2D eigenvalue weighted by Crippen LogP contribution is 2.26. The lowest BCUT2D eigenvalue weighted by Crippen LogP contribution is -2.34. The summed E-state index contributed by atoms with van der Waals surface area (Å²) in [6.45, 7) is 0. The number of ether oxygens (including phenoxy) is 1. The molecular formula is C20H15N2O4S-. The summed E-state index contributed by atoms with van der Waals surface area (Å²) in [5, 5.41) is 18.2. The van der Waals surface area contributed by atoms with Crippen LogP contribution in [0.15, 0.2) is 60.7 Å². The summed E-state index contributed by atoms with van der Waals surface area (Å²) in [5.74, 6) is -1.31. The van der Waals surface area contributed by atoms with E-state index >= 15 is 0 Å². The smallest absolute Gasteiger partial charge is 0.261 e. The number of carboxylic acid groups (broad SMARTS) is 1. The maximum Gasteiger partial charge on any atom is 0.261 e. The van der Waals surface area contributed by atoms with E-state index in [2.05, 4.69) is 10.6 Å². The molecule has 1 amide bonds. The maximum atomic E-state index is 12.6. The van der Waals surface area contributed by atoms with Gasteiger partial charge < -0.3 is 20.0 Å². The fourth-order valence-corrected chi connectivity index (χ4v) is 2.83. The van der Waals surface area contributed by atoms with Crippen molar-refractivity contribution < 1.29 is 19.4 Å². The molecule has 27 heavy (non-hydrogen) atoms. The van der Waals surface area contributed by atoms with Crippen LogP contribution in [0.25, 0.3) is 10.8 Å². The lowest BCUT2D eigenvalue weighted by Gasteiger charge is -2.13. The van der Waals surface area contributed by atoms with E-state index in [1.54, 1.807) is 24.3 Å². The van der Waals surface area contributed by atoms with Crippen LogP contribution in [0.1, 0.15) is 20.7 Å². The van der Waals surface area contributed by atoms with Crippen molar-refractivity contribution in [1.29, 1.82) is 0 Å². The third-order valence-corrected chi connectivity index (χ3v) is 4.10. The molecule has 3 rings (SSSR count). The molecule has 136 valence electrons. The SMILES string of the molecule is COc1cc2ccccc2cc1C(=O)NC(=S)Nc1cccc(C(=O)[O-])c1. The van der Waals surface area contributed by atoms with Crippen molar-refractivity contribution in [2.45, 2.75) is 0 Å². The number of benzene rings is 3. The number of nitrogens with one attached hydrogen (secondary N) is 2. The Kier molecular flexibility index (Phi) is 5.33. The monoisotopic (exact) mass is 379 g/mol. The Morgan fingerprint density at radius 2 is 1.70 bits per heavy atom. The first-order chi connectivity index (χ1) is 13.0. The molecule has 3 aromatic carbocycles. The van der Waals surface area contributed by atoms with E-state index in [-0.39, 0.29) is 10.7 Å². The molecule has 0 spiro atoms. The number of rotatable bonds is 4. The van der Waals surface area contributed by atoms with Gasteiger partial charge in [0.25, 0.3) is 5.91 Å². The topological polar surface area (TPSA) is 90.5 Å². The van der Waals surface area contributed by atoms with Crippen LogP contribution in [0.4, 0.5) is 5.69 Å². The number of fused-ring (bicyclic) bond motifs is 1. The average Bonchev–Trinajstić information content (AvgIpc) is 2.66. The van der Waals surface area contributed by atoms with E-state index in [0.29, 0.717) is 17.0 Å². The molecule has 0 unspecified atom stereocenters. The Balaban J connectivity index is 1.78. The number of hydrogen-bond donors (Lipinski definition) is 2. The van der Waals surface area contributed by atoms with Crippen LogP contribution >= 0.6 is 12.2 Å². The summed E-state index contributed by atoms with van der Waals surface area (Å²) >= 11 is 5.15. The van der Waals surface area contributed by atoms with Gasteiger partial charge in [0.05, 0.1) is 18.6 Å². The summed E-state index contributed by atoms with van der Waals surface area (Å²) in [5.41, 5.74) is 0.765. The van der Waals surface area contributed by atoms with Gasteiger partial charge in [0.2, 0.25) is 0 Å². The zero-order chi connectivity index (χ0) is 19.4. The van der Waals surface area contributed by atoms with Gasteiger partial charge in [-0.05, 0) is 52.8 Å². The van der Waals surface area contributed by atoms with Crippen LogP contribution in [0, 0.1) is 0 Å². The van der Waals surface area contributed by atoms with Gasteiger partial charge in [-0.15, -0.1) is 0 Å². The van der Waals surface area contributed by atoms with Gasteiger partial charge in [-0.25, -0.2) is 0 Å². The molecule has 0 fully saturated rings. The summed E-state index contributed by atoms with van der Waals surface area (Å²) in [4.78, 5) is 23.5. The number of anilines is 1. The second-order valence-corrected chi connectivity index (χ2v) is 6.08.